The number of fused-ring (bicyclic) bond motifs is 1. The fourth-order valence-electron chi connectivity index (χ4n) is 2.98. The molecule has 2 aromatic rings. The molecule has 0 amide bonds. The minimum atomic E-state index is -0.865. The Kier molecular flexibility index (Phi) is 4.76. The van der Waals surface area contributed by atoms with Crippen LogP contribution in [0.1, 0.15) is 35.4 Å². The first-order valence-corrected chi connectivity index (χ1v) is 7.96. The van der Waals surface area contributed by atoms with Crippen LogP contribution in [0.2, 0.25) is 0 Å². The van der Waals surface area contributed by atoms with Gasteiger partial charge in [0.15, 0.2) is 0 Å². The molecular formula is C18H14BrF2NO. The largest absolute Gasteiger partial charge is 0.374 e. The van der Waals surface area contributed by atoms with Crippen LogP contribution in [-0.2, 0) is 6.54 Å². The summed E-state index contributed by atoms with van der Waals surface area (Å²) in [7, 11) is 0. The van der Waals surface area contributed by atoms with Crippen LogP contribution in [-0.4, -0.2) is 10.0 Å². The summed E-state index contributed by atoms with van der Waals surface area (Å²) in [6.07, 6.45) is -0.590. The van der Waals surface area contributed by atoms with Crippen molar-refractivity contribution < 1.29 is 13.9 Å². The van der Waals surface area contributed by atoms with E-state index in [2.05, 4.69) is 26.7 Å². The van der Waals surface area contributed by atoms with Crippen molar-refractivity contribution >= 4 is 15.9 Å². The lowest BCUT2D eigenvalue weighted by atomic mass is 10.0. The van der Waals surface area contributed by atoms with E-state index < -0.39 is 23.9 Å². The van der Waals surface area contributed by atoms with Gasteiger partial charge in [0.25, 0.3) is 0 Å². The lowest BCUT2D eigenvalue weighted by molar-refractivity contribution is -0.0177. The van der Waals surface area contributed by atoms with Crippen molar-refractivity contribution in [1.82, 2.24) is 4.90 Å². The fraction of sp³-hybridized carbons (Fsp3) is 0.222. The van der Waals surface area contributed by atoms with Crippen LogP contribution in [0, 0.1) is 22.4 Å². The lowest BCUT2D eigenvalue weighted by Gasteiger charge is -2.30. The molecule has 1 heterocycles. The molecule has 0 fully saturated rings. The van der Waals surface area contributed by atoms with Crippen molar-refractivity contribution in [2.75, 3.05) is 0 Å². The summed E-state index contributed by atoms with van der Waals surface area (Å²) in [4.78, 5) is 4.34. The summed E-state index contributed by atoms with van der Waals surface area (Å²) < 4.78 is 27.8. The van der Waals surface area contributed by atoms with Crippen molar-refractivity contribution in [2.24, 2.45) is 0 Å². The zero-order valence-electron chi connectivity index (χ0n) is 12.1. The Morgan fingerprint density at radius 3 is 2.78 bits per heavy atom. The number of halogens is 3. The maximum absolute atomic E-state index is 14.2. The number of benzene rings is 2. The molecule has 2 aromatic carbocycles. The van der Waals surface area contributed by atoms with Gasteiger partial charge in [0, 0.05) is 34.5 Å². The molecule has 2 nitrogen and oxygen atoms in total. The Hall–Kier alpha value is -1.74. The van der Waals surface area contributed by atoms with E-state index in [-0.39, 0.29) is 12.0 Å². The highest BCUT2D eigenvalue weighted by Gasteiger charge is 2.35. The predicted molar refractivity (Wildman–Crippen MR) is 87.4 cm³/mol. The molecule has 0 spiro atoms. The van der Waals surface area contributed by atoms with E-state index in [4.69, 9.17) is 0 Å². The molecule has 1 N–H and O–H groups in total. The maximum atomic E-state index is 14.2. The first kappa shape index (κ1) is 16.1. The van der Waals surface area contributed by atoms with Gasteiger partial charge in [-0.3, -0.25) is 4.90 Å². The average molecular weight is 378 g/mol. The summed E-state index contributed by atoms with van der Waals surface area (Å²) in [6.45, 7) is 0.460. The third kappa shape index (κ3) is 3.16. The van der Waals surface area contributed by atoms with Crippen LogP contribution in [0.25, 0.3) is 0 Å². The van der Waals surface area contributed by atoms with Crippen molar-refractivity contribution in [2.45, 2.75) is 25.2 Å². The van der Waals surface area contributed by atoms with Gasteiger partial charge in [0.05, 0.1) is 6.04 Å². The van der Waals surface area contributed by atoms with E-state index >= 15 is 0 Å². The first-order chi connectivity index (χ1) is 11.1. The highest BCUT2D eigenvalue weighted by atomic mass is 79.9. The van der Waals surface area contributed by atoms with Crippen molar-refractivity contribution in [1.29, 1.82) is 0 Å². The van der Waals surface area contributed by atoms with E-state index in [0.717, 1.165) is 23.3 Å². The van der Waals surface area contributed by atoms with E-state index in [1.807, 2.05) is 24.3 Å². The van der Waals surface area contributed by atoms with Crippen LogP contribution in [0.5, 0.6) is 0 Å². The topological polar surface area (TPSA) is 23.5 Å². The number of hydrogen-bond donors (Lipinski definition) is 1. The Bertz CT molecular complexity index is 784. The Labute approximate surface area is 141 Å². The van der Waals surface area contributed by atoms with E-state index in [9.17, 15) is 13.9 Å². The molecule has 2 atom stereocenters. The third-order valence-corrected chi connectivity index (χ3v) is 4.36. The van der Waals surface area contributed by atoms with Crippen molar-refractivity contribution in [3.63, 3.8) is 0 Å². The Morgan fingerprint density at radius 2 is 2.04 bits per heavy atom. The number of nitrogens with zero attached hydrogens (tertiary/aromatic N) is 1. The van der Waals surface area contributed by atoms with E-state index in [1.54, 1.807) is 4.90 Å². The van der Waals surface area contributed by atoms with Crippen LogP contribution in [0.15, 0.2) is 42.5 Å². The van der Waals surface area contributed by atoms with Crippen LogP contribution < -0.4 is 0 Å². The molecule has 0 saturated heterocycles. The van der Waals surface area contributed by atoms with Crippen molar-refractivity contribution in [3.05, 3.63) is 70.8 Å². The van der Waals surface area contributed by atoms with E-state index in [1.165, 1.54) is 6.07 Å². The molecule has 118 valence electrons. The zero-order valence-corrected chi connectivity index (χ0v) is 13.7. The highest BCUT2D eigenvalue weighted by Crippen LogP contribution is 2.40. The lowest BCUT2D eigenvalue weighted by Crippen LogP contribution is -2.28. The molecule has 3 rings (SSSR count). The first-order valence-electron chi connectivity index (χ1n) is 7.17. The van der Waals surface area contributed by atoms with Gasteiger partial charge in [-0.05, 0) is 34.2 Å². The summed E-state index contributed by atoms with van der Waals surface area (Å²) in [6, 6.07) is 10.3. The minimum Gasteiger partial charge on any atom is -0.374 e. The van der Waals surface area contributed by atoms with Gasteiger partial charge in [0.2, 0.25) is 0 Å². The second kappa shape index (κ2) is 6.79. The van der Waals surface area contributed by atoms with Gasteiger partial charge in [-0.25, -0.2) is 8.78 Å². The highest BCUT2D eigenvalue weighted by molar-refractivity contribution is 9.12. The molecule has 1 aliphatic rings. The summed E-state index contributed by atoms with van der Waals surface area (Å²) in [5.74, 6) is 1.83. The number of aliphatic hydroxyl groups excluding tert-OH is 1. The number of aliphatic hydroxyl groups is 1. The van der Waals surface area contributed by atoms with Crippen LogP contribution in [0.3, 0.4) is 0 Å². The van der Waals surface area contributed by atoms with Gasteiger partial charge in [-0.15, -0.1) is 0 Å². The molecule has 23 heavy (non-hydrogen) atoms. The zero-order chi connectivity index (χ0) is 16.4. The Balaban J connectivity index is 2.00. The summed E-state index contributed by atoms with van der Waals surface area (Å²) in [5.41, 5.74) is 1.97. The monoisotopic (exact) mass is 377 g/mol. The van der Waals surface area contributed by atoms with Crippen molar-refractivity contribution in [3.8, 4) is 10.8 Å². The van der Waals surface area contributed by atoms with Gasteiger partial charge in [-0.1, -0.05) is 30.2 Å². The smallest absolute Gasteiger partial charge is 0.134 e. The van der Waals surface area contributed by atoms with E-state index in [0.29, 0.717) is 6.54 Å². The summed E-state index contributed by atoms with van der Waals surface area (Å²) >= 11 is 3.03. The number of hydrogen-bond acceptors (Lipinski definition) is 2. The second-order valence-electron chi connectivity index (χ2n) is 5.40. The molecule has 0 saturated carbocycles. The van der Waals surface area contributed by atoms with Crippen LogP contribution in [0.4, 0.5) is 8.78 Å². The van der Waals surface area contributed by atoms with Gasteiger partial charge < -0.3 is 5.11 Å². The molecule has 0 radical (unpaired) electrons. The SMILES string of the molecule is OC1c2ccccc2CN1C(CC#CBr)c1cc(F)ccc1F. The molecule has 0 bridgehead atoms. The van der Waals surface area contributed by atoms with Gasteiger partial charge >= 0.3 is 0 Å². The summed E-state index contributed by atoms with van der Waals surface area (Å²) in [5, 5.41) is 10.6. The Morgan fingerprint density at radius 1 is 1.26 bits per heavy atom. The predicted octanol–water partition coefficient (Wildman–Crippen LogP) is 4.26. The fourth-order valence-corrected chi connectivity index (χ4v) is 3.15. The molecule has 0 aliphatic carbocycles. The molecular weight excluding hydrogens is 364 g/mol. The maximum Gasteiger partial charge on any atom is 0.134 e. The third-order valence-electron chi connectivity index (χ3n) is 4.08. The normalized spacial score (nSPS) is 18.2. The quantitative estimate of drug-likeness (QED) is 0.807. The minimum absolute atomic E-state index is 0.201. The standard InChI is InChI=1S/C18H14BrF2NO/c19-9-3-6-17(15-10-13(20)7-8-16(15)21)22-11-12-4-1-2-5-14(12)18(22)23/h1-2,4-5,7-8,10,17-18,23H,6,11H2. The van der Waals surface area contributed by atoms with Gasteiger partial charge in [-0.2, -0.15) is 0 Å². The average Bonchev–Trinajstić information content (AvgIpc) is 2.88. The van der Waals surface area contributed by atoms with Crippen LogP contribution >= 0.6 is 15.9 Å². The molecule has 0 aromatic heterocycles. The van der Waals surface area contributed by atoms with Gasteiger partial charge in [0.1, 0.15) is 17.9 Å². The molecule has 2 unspecified atom stereocenters. The molecule has 1 aliphatic heterocycles. The number of rotatable bonds is 3. The second-order valence-corrected chi connectivity index (χ2v) is 5.80. The molecule has 5 heteroatoms.